The third-order valence-corrected chi connectivity index (χ3v) is 3.40. The van der Waals surface area contributed by atoms with E-state index in [1.165, 1.54) is 12.8 Å². The lowest BCUT2D eigenvalue weighted by Gasteiger charge is -2.08. The van der Waals surface area contributed by atoms with E-state index >= 15 is 0 Å². The molecule has 0 radical (unpaired) electrons. The molecular formula is C9H19N5S. The molecular weight excluding hydrogens is 210 g/mol. The Morgan fingerprint density at radius 3 is 3.00 bits per heavy atom. The summed E-state index contributed by atoms with van der Waals surface area (Å²) in [6.07, 6.45) is 2.49. The third-order valence-electron chi connectivity index (χ3n) is 2.12. The second-order valence-corrected chi connectivity index (χ2v) is 4.67. The number of aromatic nitrogens is 4. The Morgan fingerprint density at radius 2 is 2.33 bits per heavy atom. The first kappa shape index (κ1) is 12.4. The summed E-state index contributed by atoms with van der Waals surface area (Å²) >= 11 is 1.71. The van der Waals surface area contributed by atoms with Crippen LogP contribution in [0.1, 0.15) is 26.7 Å². The van der Waals surface area contributed by atoms with E-state index in [4.69, 9.17) is 5.73 Å². The van der Waals surface area contributed by atoms with Crippen LogP contribution in [-0.2, 0) is 6.54 Å². The molecule has 0 fully saturated rings. The van der Waals surface area contributed by atoms with Gasteiger partial charge in [0.2, 0.25) is 5.16 Å². The Morgan fingerprint density at radius 1 is 1.53 bits per heavy atom. The van der Waals surface area contributed by atoms with Gasteiger partial charge in [-0.3, -0.25) is 0 Å². The van der Waals surface area contributed by atoms with Gasteiger partial charge in [0.15, 0.2) is 0 Å². The monoisotopic (exact) mass is 229 g/mol. The van der Waals surface area contributed by atoms with Crippen LogP contribution in [0.15, 0.2) is 5.16 Å². The summed E-state index contributed by atoms with van der Waals surface area (Å²) in [6.45, 7) is 5.73. The fraction of sp³-hybridized carbons (Fsp3) is 0.889. The Bertz CT molecular complexity index is 275. The summed E-state index contributed by atoms with van der Waals surface area (Å²) in [5.74, 6) is 1.78. The highest BCUT2D eigenvalue weighted by molar-refractivity contribution is 7.99. The minimum atomic E-state index is 0.573. The average molecular weight is 229 g/mol. The van der Waals surface area contributed by atoms with Crippen molar-refractivity contribution in [3.8, 4) is 0 Å². The highest BCUT2D eigenvalue weighted by Crippen LogP contribution is 2.19. The Balaban J connectivity index is 2.39. The van der Waals surface area contributed by atoms with Crippen molar-refractivity contribution in [2.45, 2.75) is 38.4 Å². The first-order valence-corrected chi connectivity index (χ1v) is 6.35. The minimum absolute atomic E-state index is 0.573. The molecule has 2 N–H and O–H groups in total. The molecule has 0 aromatic carbocycles. The van der Waals surface area contributed by atoms with Crippen LogP contribution in [0.2, 0.25) is 0 Å². The third kappa shape index (κ3) is 4.17. The largest absolute Gasteiger partial charge is 0.329 e. The maximum atomic E-state index is 5.47. The minimum Gasteiger partial charge on any atom is -0.329 e. The van der Waals surface area contributed by atoms with Crippen LogP contribution in [0, 0.1) is 5.92 Å². The predicted octanol–water partition coefficient (Wildman–Crippen LogP) is 1.16. The molecule has 1 aromatic rings. The fourth-order valence-corrected chi connectivity index (χ4v) is 2.33. The van der Waals surface area contributed by atoms with Crippen LogP contribution in [0.25, 0.3) is 0 Å². The van der Waals surface area contributed by atoms with E-state index in [1.54, 1.807) is 16.4 Å². The molecule has 0 saturated carbocycles. The molecule has 0 spiro atoms. The Labute approximate surface area is 94.8 Å². The van der Waals surface area contributed by atoms with Gasteiger partial charge in [-0.05, 0) is 16.3 Å². The fourth-order valence-electron chi connectivity index (χ4n) is 1.36. The summed E-state index contributed by atoms with van der Waals surface area (Å²) in [7, 11) is 0. The lowest BCUT2D eigenvalue weighted by molar-refractivity contribution is 0.553. The van der Waals surface area contributed by atoms with Crippen molar-refractivity contribution < 1.29 is 0 Å². The maximum absolute atomic E-state index is 5.47. The van der Waals surface area contributed by atoms with Crippen molar-refractivity contribution in [3.05, 3.63) is 0 Å². The molecule has 1 unspecified atom stereocenters. The Kier molecular flexibility index (Phi) is 5.63. The molecule has 1 atom stereocenters. The maximum Gasteiger partial charge on any atom is 0.209 e. The quantitative estimate of drug-likeness (QED) is 0.710. The van der Waals surface area contributed by atoms with E-state index in [-0.39, 0.29) is 0 Å². The van der Waals surface area contributed by atoms with E-state index in [2.05, 4.69) is 29.4 Å². The zero-order valence-electron chi connectivity index (χ0n) is 9.39. The van der Waals surface area contributed by atoms with Gasteiger partial charge in [0, 0.05) is 12.3 Å². The molecule has 6 heteroatoms. The standard InChI is InChI=1S/C9H19N5S/c1-3-4-8(2)7-15-9-11-12-13-14(9)6-5-10/h8H,3-7,10H2,1-2H3. The van der Waals surface area contributed by atoms with Crippen LogP contribution in [0.3, 0.4) is 0 Å². The second kappa shape index (κ2) is 6.79. The molecule has 86 valence electrons. The average Bonchev–Trinajstić information content (AvgIpc) is 2.64. The van der Waals surface area contributed by atoms with Crippen LogP contribution >= 0.6 is 11.8 Å². The van der Waals surface area contributed by atoms with Crippen LogP contribution in [0.5, 0.6) is 0 Å². The molecule has 15 heavy (non-hydrogen) atoms. The summed E-state index contributed by atoms with van der Waals surface area (Å²) in [5, 5.41) is 12.4. The van der Waals surface area contributed by atoms with E-state index in [0.29, 0.717) is 19.0 Å². The van der Waals surface area contributed by atoms with Gasteiger partial charge in [-0.1, -0.05) is 38.5 Å². The number of hydrogen-bond acceptors (Lipinski definition) is 5. The zero-order chi connectivity index (χ0) is 11.1. The number of tetrazole rings is 1. The molecule has 0 bridgehead atoms. The van der Waals surface area contributed by atoms with Crippen molar-refractivity contribution in [2.75, 3.05) is 12.3 Å². The van der Waals surface area contributed by atoms with Gasteiger partial charge in [-0.2, -0.15) is 0 Å². The van der Waals surface area contributed by atoms with Gasteiger partial charge in [0.1, 0.15) is 0 Å². The number of rotatable bonds is 7. The number of nitrogens with two attached hydrogens (primary N) is 1. The lowest BCUT2D eigenvalue weighted by Crippen LogP contribution is -2.12. The lowest BCUT2D eigenvalue weighted by atomic mass is 10.1. The summed E-state index contributed by atoms with van der Waals surface area (Å²) < 4.78 is 1.77. The molecule has 1 rings (SSSR count). The van der Waals surface area contributed by atoms with Crippen LogP contribution < -0.4 is 5.73 Å². The molecule has 1 heterocycles. The first-order chi connectivity index (χ1) is 7.27. The topological polar surface area (TPSA) is 69.6 Å². The number of thioether (sulfide) groups is 1. The summed E-state index contributed by atoms with van der Waals surface area (Å²) in [4.78, 5) is 0. The predicted molar refractivity (Wildman–Crippen MR) is 61.7 cm³/mol. The smallest absolute Gasteiger partial charge is 0.209 e. The van der Waals surface area contributed by atoms with E-state index < -0.39 is 0 Å². The molecule has 0 aliphatic carbocycles. The van der Waals surface area contributed by atoms with E-state index in [9.17, 15) is 0 Å². The summed E-state index contributed by atoms with van der Waals surface area (Å²) in [6, 6.07) is 0. The van der Waals surface area contributed by atoms with Crippen molar-refractivity contribution >= 4 is 11.8 Å². The van der Waals surface area contributed by atoms with Gasteiger partial charge in [0.05, 0.1) is 6.54 Å². The molecule has 0 saturated heterocycles. The zero-order valence-corrected chi connectivity index (χ0v) is 10.2. The van der Waals surface area contributed by atoms with Gasteiger partial charge in [-0.15, -0.1) is 5.10 Å². The molecule has 0 aliphatic rings. The van der Waals surface area contributed by atoms with Gasteiger partial charge in [-0.25, -0.2) is 4.68 Å². The van der Waals surface area contributed by atoms with Crippen molar-refractivity contribution in [1.82, 2.24) is 20.2 Å². The van der Waals surface area contributed by atoms with Crippen molar-refractivity contribution in [1.29, 1.82) is 0 Å². The molecule has 0 amide bonds. The molecule has 5 nitrogen and oxygen atoms in total. The van der Waals surface area contributed by atoms with Crippen molar-refractivity contribution in [3.63, 3.8) is 0 Å². The number of nitrogens with zero attached hydrogens (tertiary/aromatic N) is 4. The highest BCUT2D eigenvalue weighted by atomic mass is 32.2. The summed E-state index contributed by atoms with van der Waals surface area (Å²) in [5.41, 5.74) is 5.47. The van der Waals surface area contributed by atoms with Crippen LogP contribution in [-0.4, -0.2) is 32.5 Å². The van der Waals surface area contributed by atoms with Gasteiger partial charge < -0.3 is 5.73 Å². The van der Waals surface area contributed by atoms with E-state index in [1.807, 2.05) is 0 Å². The Hall–Kier alpha value is -0.620. The van der Waals surface area contributed by atoms with E-state index in [0.717, 1.165) is 10.9 Å². The molecule has 0 aliphatic heterocycles. The first-order valence-electron chi connectivity index (χ1n) is 5.37. The second-order valence-electron chi connectivity index (χ2n) is 3.68. The molecule has 1 aromatic heterocycles. The SMILES string of the molecule is CCCC(C)CSc1nnnn1CCN. The van der Waals surface area contributed by atoms with Gasteiger partial charge >= 0.3 is 0 Å². The van der Waals surface area contributed by atoms with Crippen LogP contribution in [0.4, 0.5) is 0 Å². The van der Waals surface area contributed by atoms with Gasteiger partial charge in [0.25, 0.3) is 0 Å². The highest BCUT2D eigenvalue weighted by Gasteiger charge is 2.08. The normalized spacial score (nSPS) is 13.0. The number of hydrogen-bond donors (Lipinski definition) is 1. The van der Waals surface area contributed by atoms with Crippen molar-refractivity contribution in [2.24, 2.45) is 11.7 Å².